The molecule has 0 bridgehead atoms. The largest absolute Gasteiger partial charge is 0.437 e. The number of fused-ring (bicyclic) bond motifs is 2. The first-order valence-corrected chi connectivity index (χ1v) is 9.63. The van der Waals surface area contributed by atoms with E-state index in [1.807, 2.05) is 55.5 Å². The lowest BCUT2D eigenvalue weighted by Crippen LogP contribution is -1.98. The van der Waals surface area contributed by atoms with Crippen molar-refractivity contribution in [1.29, 1.82) is 0 Å². The first kappa shape index (κ1) is 18.1. The average Bonchev–Trinajstić information content (AvgIpc) is 2.74. The van der Waals surface area contributed by atoms with Crippen LogP contribution in [0.1, 0.15) is 11.1 Å². The van der Waals surface area contributed by atoms with Gasteiger partial charge in [-0.05, 0) is 37.6 Å². The molecule has 0 spiro atoms. The van der Waals surface area contributed by atoms with E-state index in [0.29, 0.717) is 17.2 Å². The molecule has 0 amide bonds. The first-order valence-electron chi connectivity index (χ1n) is 9.63. The van der Waals surface area contributed by atoms with Crippen molar-refractivity contribution in [1.82, 2.24) is 10.2 Å². The van der Waals surface area contributed by atoms with Crippen molar-refractivity contribution in [3.8, 4) is 22.9 Å². The van der Waals surface area contributed by atoms with Gasteiger partial charge in [0.2, 0.25) is 5.88 Å². The van der Waals surface area contributed by atoms with E-state index >= 15 is 0 Å². The lowest BCUT2D eigenvalue weighted by atomic mass is 10.0. The number of rotatable bonds is 3. The minimum Gasteiger partial charge on any atom is -0.437 e. The summed E-state index contributed by atoms with van der Waals surface area (Å²) in [6.07, 6.45) is 0. The molecule has 0 radical (unpaired) electrons. The van der Waals surface area contributed by atoms with Gasteiger partial charge in [0.15, 0.2) is 0 Å². The zero-order valence-corrected chi connectivity index (χ0v) is 16.5. The van der Waals surface area contributed by atoms with Crippen molar-refractivity contribution in [2.45, 2.75) is 13.8 Å². The molecular formula is C25H18N2O3. The van der Waals surface area contributed by atoms with E-state index in [0.717, 1.165) is 33.0 Å². The molecular weight excluding hydrogens is 376 g/mol. The fourth-order valence-electron chi connectivity index (χ4n) is 3.56. The Morgan fingerprint density at radius 1 is 0.800 bits per heavy atom. The van der Waals surface area contributed by atoms with Crippen LogP contribution in [0.2, 0.25) is 0 Å². The highest BCUT2D eigenvalue weighted by atomic mass is 16.5. The maximum Gasteiger partial charge on any atom is 0.336 e. The summed E-state index contributed by atoms with van der Waals surface area (Å²) >= 11 is 0. The van der Waals surface area contributed by atoms with Gasteiger partial charge in [0.25, 0.3) is 0 Å². The summed E-state index contributed by atoms with van der Waals surface area (Å²) in [5.41, 5.74) is 3.95. The average molecular weight is 394 g/mol. The summed E-state index contributed by atoms with van der Waals surface area (Å²) in [4.78, 5) is 11.7. The zero-order valence-electron chi connectivity index (χ0n) is 16.5. The summed E-state index contributed by atoms with van der Waals surface area (Å²) in [6, 6.07) is 23.0. The van der Waals surface area contributed by atoms with E-state index in [9.17, 15) is 4.79 Å². The first-order chi connectivity index (χ1) is 14.6. The molecule has 0 atom stereocenters. The molecule has 146 valence electrons. The molecule has 0 aliphatic rings. The van der Waals surface area contributed by atoms with Gasteiger partial charge < -0.3 is 9.15 Å². The Bertz CT molecular complexity index is 1450. The molecule has 2 heterocycles. The summed E-state index contributed by atoms with van der Waals surface area (Å²) in [5, 5.41) is 11.5. The van der Waals surface area contributed by atoms with Gasteiger partial charge >= 0.3 is 5.63 Å². The standard InChI is InChI=1S/C25H18N2O3/c1-15-7-9-17(10-8-15)24-20-5-3-4-6-21(20)25(27-26-24)29-18-11-12-19-16(2)13-23(28)30-22(19)14-18/h3-14H,1-2H3. The molecule has 2 aromatic heterocycles. The van der Waals surface area contributed by atoms with Crippen molar-refractivity contribution in [2.24, 2.45) is 0 Å². The fourth-order valence-corrected chi connectivity index (χ4v) is 3.56. The normalized spacial score (nSPS) is 11.1. The van der Waals surface area contributed by atoms with Crippen molar-refractivity contribution in [2.75, 3.05) is 0 Å². The van der Waals surface area contributed by atoms with Gasteiger partial charge in [-0.2, -0.15) is 0 Å². The number of aryl methyl sites for hydroxylation is 2. The number of aromatic nitrogens is 2. The van der Waals surface area contributed by atoms with Crippen molar-refractivity contribution in [3.63, 3.8) is 0 Å². The highest BCUT2D eigenvalue weighted by molar-refractivity contribution is 5.97. The summed E-state index contributed by atoms with van der Waals surface area (Å²) in [7, 11) is 0. The molecule has 0 N–H and O–H groups in total. The van der Waals surface area contributed by atoms with Gasteiger partial charge in [-0.25, -0.2) is 4.79 Å². The predicted molar refractivity (Wildman–Crippen MR) is 117 cm³/mol. The maximum atomic E-state index is 11.7. The molecule has 0 saturated carbocycles. The number of benzene rings is 3. The molecule has 0 aliphatic carbocycles. The second-order valence-electron chi connectivity index (χ2n) is 7.27. The van der Waals surface area contributed by atoms with E-state index in [-0.39, 0.29) is 5.63 Å². The topological polar surface area (TPSA) is 65.2 Å². The second kappa shape index (κ2) is 7.12. The quantitative estimate of drug-likeness (QED) is 0.361. The van der Waals surface area contributed by atoms with Crippen molar-refractivity contribution < 1.29 is 9.15 Å². The van der Waals surface area contributed by atoms with Gasteiger partial charge in [-0.3, -0.25) is 0 Å². The van der Waals surface area contributed by atoms with Crippen LogP contribution in [0.5, 0.6) is 11.6 Å². The molecule has 5 aromatic rings. The van der Waals surface area contributed by atoms with Gasteiger partial charge in [-0.1, -0.05) is 48.0 Å². The second-order valence-corrected chi connectivity index (χ2v) is 7.27. The summed E-state index contributed by atoms with van der Waals surface area (Å²) < 4.78 is 11.4. The molecule has 0 saturated heterocycles. The van der Waals surface area contributed by atoms with Crippen LogP contribution < -0.4 is 10.4 Å². The number of ether oxygens (including phenoxy) is 1. The Hall–Kier alpha value is -3.99. The molecule has 0 aliphatic heterocycles. The van der Waals surface area contributed by atoms with Crippen LogP contribution in [-0.2, 0) is 0 Å². The Kier molecular flexibility index (Phi) is 4.29. The SMILES string of the molecule is Cc1ccc(-c2nnc(Oc3ccc4c(C)cc(=O)oc4c3)c3ccccc23)cc1. The molecule has 0 unspecified atom stereocenters. The maximum absolute atomic E-state index is 11.7. The van der Waals surface area contributed by atoms with E-state index in [1.54, 1.807) is 6.07 Å². The highest BCUT2D eigenvalue weighted by Crippen LogP contribution is 2.34. The van der Waals surface area contributed by atoms with Crippen LogP contribution in [0.25, 0.3) is 33.0 Å². The van der Waals surface area contributed by atoms with Crippen LogP contribution in [0.4, 0.5) is 0 Å². The van der Waals surface area contributed by atoms with E-state index in [2.05, 4.69) is 29.3 Å². The number of hydrogen-bond acceptors (Lipinski definition) is 5. The van der Waals surface area contributed by atoms with E-state index < -0.39 is 0 Å². The van der Waals surface area contributed by atoms with Crippen LogP contribution in [0.3, 0.4) is 0 Å². The zero-order chi connectivity index (χ0) is 20.7. The van der Waals surface area contributed by atoms with E-state index in [4.69, 9.17) is 9.15 Å². The molecule has 5 rings (SSSR count). The molecule has 0 fully saturated rings. The van der Waals surface area contributed by atoms with Crippen molar-refractivity contribution in [3.05, 3.63) is 94.3 Å². The van der Waals surface area contributed by atoms with Gasteiger partial charge in [0.1, 0.15) is 17.0 Å². The third-order valence-electron chi connectivity index (χ3n) is 5.12. The smallest absolute Gasteiger partial charge is 0.336 e. The third-order valence-corrected chi connectivity index (χ3v) is 5.12. The van der Waals surface area contributed by atoms with E-state index in [1.165, 1.54) is 11.6 Å². The predicted octanol–water partition coefficient (Wildman–Crippen LogP) is 5.81. The van der Waals surface area contributed by atoms with Crippen LogP contribution in [0.15, 0.2) is 82.0 Å². The summed E-state index contributed by atoms with van der Waals surface area (Å²) in [5.74, 6) is 0.926. The summed E-state index contributed by atoms with van der Waals surface area (Å²) in [6.45, 7) is 3.93. The van der Waals surface area contributed by atoms with Crippen LogP contribution in [-0.4, -0.2) is 10.2 Å². The van der Waals surface area contributed by atoms with Crippen LogP contribution in [0, 0.1) is 13.8 Å². The number of hydrogen-bond donors (Lipinski definition) is 0. The molecule has 3 aromatic carbocycles. The minimum absolute atomic E-state index is 0.384. The Morgan fingerprint density at radius 2 is 1.57 bits per heavy atom. The lowest BCUT2D eigenvalue weighted by Gasteiger charge is -2.11. The fraction of sp³-hybridized carbons (Fsp3) is 0.0800. The molecule has 5 nitrogen and oxygen atoms in total. The molecule has 30 heavy (non-hydrogen) atoms. The van der Waals surface area contributed by atoms with Gasteiger partial charge in [-0.15, -0.1) is 10.2 Å². The van der Waals surface area contributed by atoms with Crippen LogP contribution >= 0.6 is 0 Å². The lowest BCUT2D eigenvalue weighted by molar-refractivity contribution is 0.460. The molecule has 5 heteroatoms. The van der Waals surface area contributed by atoms with Gasteiger partial charge in [0.05, 0.1) is 0 Å². The highest BCUT2D eigenvalue weighted by Gasteiger charge is 2.13. The Labute approximate surface area is 172 Å². The Balaban J connectivity index is 1.60. The van der Waals surface area contributed by atoms with Crippen molar-refractivity contribution >= 4 is 21.7 Å². The third kappa shape index (κ3) is 3.20. The monoisotopic (exact) mass is 394 g/mol. The minimum atomic E-state index is -0.384. The number of nitrogens with zero attached hydrogens (tertiary/aromatic N) is 2. The van der Waals surface area contributed by atoms with Gasteiger partial charge in [0, 0.05) is 33.9 Å². The Morgan fingerprint density at radius 3 is 2.37 bits per heavy atom.